The van der Waals surface area contributed by atoms with Gasteiger partial charge in [0.25, 0.3) is 0 Å². The number of hydrogen-bond acceptors (Lipinski definition) is 4. The van der Waals surface area contributed by atoms with E-state index in [9.17, 15) is 5.11 Å². The number of methoxy groups -OCH3 is 2. The van der Waals surface area contributed by atoms with E-state index in [-0.39, 0.29) is 17.9 Å². The van der Waals surface area contributed by atoms with Crippen LogP contribution in [0.3, 0.4) is 0 Å². The summed E-state index contributed by atoms with van der Waals surface area (Å²) in [6.45, 7) is 5.67. The summed E-state index contributed by atoms with van der Waals surface area (Å²) < 4.78 is 10.8. The van der Waals surface area contributed by atoms with Crippen molar-refractivity contribution in [3.05, 3.63) is 59.7 Å². The van der Waals surface area contributed by atoms with Crippen molar-refractivity contribution in [2.24, 2.45) is 4.99 Å². The second-order valence-electron chi connectivity index (χ2n) is 7.55. The van der Waals surface area contributed by atoms with Crippen LogP contribution >= 0.6 is 0 Å². The molecular formula is C23H33N3O3. The van der Waals surface area contributed by atoms with Crippen LogP contribution in [-0.4, -0.2) is 52.0 Å². The highest BCUT2D eigenvalue weighted by molar-refractivity contribution is 5.79. The average Bonchev–Trinajstić information content (AvgIpc) is 2.76. The van der Waals surface area contributed by atoms with Crippen LogP contribution < -0.4 is 20.1 Å². The molecule has 0 radical (unpaired) electrons. The molecule has 2 aromatic carbocycles. The SMILES string of the molecule is CN=C(NCC(CO)c1ccccc1)NCC(C)(C)c1ccc(OC)c(OC)c1. The van der Waals surface area contributed by atoms with Crippen LogP contribution in [0.5, 0.6) is 11.5 Å². The Balaban J connectivity index is 1.99. The maximum absolute atomic E-state index is 9.74. The van der Waals surface area contributed by atoms with Gasteiger partial charge in [-0.1, -0.05) is 50.2 Å². The number of nitrogens with one attached hydrogen (secondary N) is 2. The number of benzene rings is 2. The molecule has 158 valence electrons. The van der Waals surface area contributed by atoms with Crippen molar-refractivity contribution in [2.75, 3.05) is 41.0 Å². The monoisotopic (exact) mass is 399 g/mol. The number of ether oxygens (including phenoxy) is 2. The van der Waals surface area contributed by atoms with Gasteiger partial charge < -0.3 is 25.2 Å². The summed E-state index contributed by atoms with van der Waals surface area (Å²) in [7, 11) is 5.02. The molecule has 0 fully saturated rings. The van der Waals surface area contributed by atoms with Crippen LogP contribution in [0.2, 0.25) is 0 Å². The van der Waals surface area contributed by atoms with E-state index in [0.717, 1.165) is 11.1 Å². The van der Waals surface area contributed by atoms with Crippen molar-refractivity contribution in [2.45, 2.75) is 25.2 Å². The molecule has 0 aliphatic heterocycles. The van der Waals surface area contributed by atoms with Gasteiger partial charge in [0.1, 0.15) is 0 Å². The van der Waals surface area contributed by atoms with Gasteiger partial charge in [0.05, 0.1) is 20.8 Å². The lowest BCUT2D eigenvalue weighted by molar-refractivity contribution is 0.265. The van der Waals surface area contributed by atoms with E-state index in [4.69, 9.17) is 9.47 Å². The Kier molecular flexibility index (Phi) is 8.34. The number of guanidine groups is 1. The number of aliphatic hydroxyl groups excluding tert-OH is 1. The zero-order valence-corrected chi connectivity index (χ0v) is 18.0. The lowest BCUT2D eigenvalue weighted by Gasteiger charge is -2.28. The Hall–Kier alpha value is -2.73. The smallest absolute Gasteiger partial charge is 0.191 e. The fraction of sp³-hybridized carbons (Fsp3) is 0.435. The zero-order valence-electron chi connectivity index (χ0n) is 18.0. The van der Waals surface area contributed by atoms with Crippen molar-refractivity contribution in [3.8, 4) is 11.5 Å². The molecule has 1 unspecified atom stereocenters. The quantitative estimate of drug-likeness (QED) is 0.447. The second-order valence-corrected chi connectivity index (χ2v) is 7.55. The van der Waals surface area contributed by atoms with E-state index in [2.05, 4.69) is 35.5 Å². The summed E-state index contributed by atoms with van der Waals surface area (Å²) in [5, 5.41) is 16.5. The molecule has 0 spiro atoms. The molecule has 6 nitrogen and oxygen atoms in total. The van der Waals surface area contributed by atoms with E-state index < -0.39 is 0 Å². The van der Waals surface area contributed by atoms with Crippen molar-refractivity contribution in [3.63, 3.8) is 0 Å². The average molecular weight is 400 g/mol. The predicted octanol–water partition coefficient (Wildman–Crippen LogP) is 2.92. The Morgan fingerprint density at radius 1 is 1.03 bits per heavy atom. The highest BCUT2D eigenvalue weighted by Gasteiger charge is 2.23. The van der Waals surface area contributed by atoms with E-state index in [1.165, 1.54) is 0 Å². The molecule has 1 atom stereocenters. The third kappa shape index (κ3) is 6.12. The Bertz CT molecular complexity index is 791. The minimum absolute atomic E-state index is 0.00797. The maximum atomic E-state index is 9.74. The van der Waals surface area contributed by atoms with Crippen molar-refractivity contribution in [1.82, 2.24) is 10.6 Å². The normalized spacial score (nSPS) is 13.0. The van der Waals surface area contributed by atoms with Gasteiger partial charge in [-0.2, -0.15) is 0 Å². The van der Waals surface area contributed by atoms with E-state index in [1.54, 1.807) is 21.3 Å². The fourth-order valence-electron chi connectivity index (χ4n) is 3.12. The molecule has 29 heavy (non-hydrogen) atoms. The molecule has 2 rings (SSSR count). The number of rotatable bonds is 9. The first kappa shape index (κ1) is 22.6. The molecule has 0 saturated heterocycles. The molecule has 0 heterocycles. The van der Waals surface area contributed by atoms with Crippen LogP contribution in [0.15, 0.2) is 53.5 Å². The number of aliphatic hydroxyl groups is 1. The first-order valence-corrected chi connectivity index (χ1v) is 9.78. The summed E-state index contributed by atoms with van der Waals surface area (Å²) >= 11 is 0. The minimum Gasteiger partial charge on any atom is -0.493 e. The number of aliphatic imine (C=N–C) groups is 1. The van der Waals surface area contributed by atoms with Crippen LogP contribution in [0.1, 0.15) is 30.9 Å². The van der Waals surface area contributed by atoms with Crippen LogP contribution in [0.4, 0.5) is 0 Å². The zero-order chi connectivity index (χ0) is 21.3. The summed E-state index contributed by atoms with van der Waals surface area (Å²) in [5.41, 5.74) is 2.08. The summed E-state index contributed by atoms with van der Waals surface area (Å²) in [6, 6.07) is 16.0. The summed E-state index contributed by atoms with van der Waals surface area (Å²) in [4.78, 5) is 4.31. The van der Waals surface area contributed by atoms with Crippen molar-refractivity contribution < 1.29 is 14.6 Å². The van der Waals surface area contributed by atoms with Crippen LogP contribution in [0, 0.1) is 0 Å². The molecule has 2 aromatic rings. The topological polar surface area (TPSA) is 75.1 Å². The summed E-state index contributed by atoms with van der Waals surface area (Å²) in [6.07, 6.45) is 0. The van der Waals surface area contributed by atoms with Crippen molar-refractivity contribution in [1.29, 1.82) is 0 Å². The molecule has 0 aliphatic rings. The van der Waals surface area contributed by atoms with E-state index in [0.29, 0.717) is 30.5 Å². The van der Waals surface area contributed by atoms with Crippen LogP contribution in [-0.2, 0) is 5.41 Å². The van der Waals surface area contributed by atoms with Gasteiger partial charge in [-0.25, -0.2) is 0 Å². The number of nitrogens with zero attached hydrogens (tertiary/aromatic N) is 1. The van der Waals surface area contributed by atoms with Gasteiger partial charge in [0, 0.05) is 31.5 Å². The lowest BCUT2D eigenvalue weighted by Crippen LogP contribution is -2.44. The van der Waals surface area contributed by atoms with Gasteiger partial charge in [0.2, 0.25) is 0 Å². The van der Waals surface area contributed by atoms with Gasteiger partial charge >= 0.3 is 0 Å². The molecule has 0 aromatic heterocycles. The third-order valence-electron chi connectivity index (χ3n) is 5.09. The fourth-order valence-corrected chi connectivity index (χ4v) is 3.12. The van der Waals surface area contributed by atoms with Crippen LogP contribution in [0.25, 0.3) is 0 Å². The van der Waals surface area contributed by atoms with Gasteiger partial charge in [-0.05, 0) is 23.3 Å². The maximum Gasteiger partial charge on any atom is 0.191 e. The first-order valence-electron chi connectivity index (χ1n) is 9.78. The van der Waals surface area contributed by atoms with Gasteiger partial charge in [-0.3, -0.25) is 4.99 Å². The van der Waals surface area contributed by atoms with Gasteiger partial charge in [0.15, 0.2) is 17.5 Å². The first-order chi connectivity index (χ1) is 13.9. The predicted molar refractivity (Wildman–Crippen MR) is 118 cm³/mol. The summed E-state index contributed by atoms with van der Waals surface area (Å²) in [5.74, 6) is 2.14. The molecule has 0 saturated carbocycles. The van der Waals surface area contributed by atoms with E-state index in [1.807, 2.05) is 42.5 Å². The third-order valence-corrected chi connectivity index (χ3v) is 5.09. The van der Waals surface area contributed by atoms with Crippen molar-refractivity contribution >= 4 is 5.96 Å². The van der Waals surface area contributed by atoms with Gasteiger partial charge in [-0.15, -0.1) is 0 Å². The molecule has 0 amide bonds. The highest BCUT2D eigenvalue weighted by atomic mass is 16.5. The standard InChI is InChI=1S/C23H33N3O3/c1-23(2,19-11-12-20(28-4)21(13-19)29-5)16-26-22(24-3)25-14-18(15-27)17-9-7-6-8-10-17/h6-13,18,27H,14-16H2,1-5H3,(H2,24,25,26). The largest absolute Gasteiger partial charge is 0.493 e. The molecule has 3 N–H and O–H groups in total. The molecular weight excluding hydrogens is 366 g/mol. The molecule has 0 bridgehead atoms. The van der Waals surface area contributed by atoms with E-state index >= 15 is 0 Å². The minimum atomic E-state index is -0.160. The molecule has 0 aliphatic carbocycles. The number of hydrogen-bond donors (Lipinski definition) is 3. The highest BCUT2D eigenvalue weighted by Crippen LogP contribution is 2.32. The lowest BCUT2D eigenvalue weighted by atomic mass is 9.84. The Labute approximate surface area is 174 Å². The molecule has 6 heteroatoms. The Morgan fingerprint density at radius 2 is 1.72 bits per heavy atom. The Morgan fingerprint density at radius 3 is 2.31 bits per heavy atom. The second kappa shape index (κ2) is 10.7.